The summed E-state index contributed by atoms with van der Waals surface area (Å²) in [6.45, 7) is 11.5. The molecule has 1 aromatic carbocycles. The third-order valence-corrected chi connectivity index (χ3v) is 5.09. The summed E-state index contributed by atoms with van der Waals surface area (Å²) in [6, 6.07) is 10.4. The van der Waals surface area contributed by atoms with Gasteiger partial charge in [-0.25, -0.2) is 0 Å². The lowest BCUT2D eigenvalue weighted by molar-refractivity contribution is 0.253. The number of piperazine rings is 1. The summed E-state index contributed by atoms with van der Waals surface area (Å²) >= 11 is 0. The van der Waals surface area contributed by atoms with Gasteiger partial charge in [0.25, 0.3) is 0 Å². The normalized spacial score (nSPS) is 15.5. The van der Waals surface area contributed by atoms with Crippen molar-refractivity contribution in [2.75, 3.05) is 51.3 Å². The van der Waals surface area contributed by atoms with E-state index in [4.69, 9.17) is 9.26 Å². The van der Waals surface area contributed by atoms with Crippen LogP contribution in [0.4, 0.5) is 5.69 Å². The van der Waals surface area contributed by atoms with Crippen molar-refractivity contribution in [3.8, 4) is 5.75 Å². The lowest BCUT2D eigenvalue weighted by atomic mass is 10.1. The molecule has 0 spiro atoms. The monoisotopic (exact) mass is 372 g/mol. The highest BCUT2D eigenvalue weighted by atomic mass is 16.5. The van der Waals surface area contributed by atoms with E-state index in [-0.39, 0.29) is 0 Å². The topological polar surface area (TPSA) is 53.8 Å². The van der Waals surface area contributed by atoms with Crippen LogP contribution in [0.3, 0.4) is 0 Å². The summed E-state index contributed by atoms with van der Waals surface area (Å²) in [6.07, 6.45) is 1.14. The molecule has 148 valence electrons. The van der Waals surface area contributed by atoms with E-state index >= 15 is 0 Å². The molecular formula is C21H32N4O2. The molecule has 6 heteroatoms. The fourth-order valence-corrected chi connectivity index (χ4v) is 3.36. The largest absolute Gasteiger partial charge is 0.497 e. The van der Waals surface area contributed by atoms with Gasteiger partial charge >= 0.3 is 0 Å². The van der Waals surface area contributed by atoms with E-state index < -0.39 is 0 Å². The summed E-state index contributed by atoms with van der Waals surface area (Å²) in [5.74, 6) is 2.26. The highest BCUT2D eigenvalue weighted by Crippen LogP contribution is 2.22. The van der Waals surface area contributed by atoms with Gasteiger partial charge in [-0.3, -0.25) is 4.90 Å². The molecule has 0 bridgehead atoms. The van der Waals surface area contributed by atoms with Gasteiger partial charge in [0.1, 0.15) is 5.75 Å². The van der Waals surface area contributed by atoms with Crippen LogP contribution in [-0.4, -0.2) is 56.4 Å². The van der Waals surface area contributed by atoms with Crippen LogP contribution in [0.15, 0.2) is 34.9 Å². The first-order valence-corrected chi connectivity index (χ1v) is 9.93. The van der Waals surface area contributed by atoms with Gasteiger partial charge < -0.3 is 19.5 Å². The number of nitrogens with zero attached hydrogens (tertiary/aromatic N) is 3. The molecule has 27 heavy (non-hydrogen) atoms. The molecule has 3 rings (SSSR count). The fraction of sp³-hybridized carbons (Fsp3) is 0.571. The SMILES string of the molecule is COc1cccc(N2CCN(CCCNCc3cc(C(C)C)no3)CC2)c1. The number of ether oxygens (including phenoxy) is 1. The second kappa shape index (κ2) is 9.76. The maximum absolute atomic E-state index is 5.36. The predicted octanol–water partition coefficient (Wildman–Crippen LogP) is 3.11. The highest BCUT2D eigenvalue weighted by Gasteiger charge is 2.17. The fourth-order valence-electron chi connectivity index (χ4n) is 3.36. The zero-order valence-electron chi connectivity index (χ0n) is 16.8. The molecule has 0 atom stereocenters. The van der Waals surface area contributed by atoms with Crippen molar-refractivity contribution in [1.29, 1.82) is 0 Å². The average molecular weight is 373 g/mol. The summed E-state index contributed by atoms with van der Waals surface area (Å²) in [7, 11) is 1.72. The zero-order chi connectivity index (χ0) is 19.1. The Morgan fingerprint density at radius 3 is 2.70 bits per heavy atom. The first kappa shape index (κ1) is 19.7. The minimum Gasteiger partial charge on any atom is -0.497 e. The van der Waals surface area contributed by atoms with E-state index in [1.54, 1.807) is 7.11 Å². The van der Waals surface area contributed by atoms with Crippen LogP contribution < -0.4 is 15.0 Å². The molecule has 0 aliphatic carbocycles. The van der Waals surface area contributed by atoms with Gasteiger partial charge in [-0.2, -0.15) is 0 Å². The second-order valence-electron chi connectivity index (χ2n) is 7.43. The molecular weight excluding hydrogens is 340 g/mol. The van der Waals surface area contributed by atoms with Crippen LogP contribution in [0, 0.1) is 0 Å². The molecule has 0 unspecified atom stereocenters. The molecule has 1 aliphatic heterocycles. The first-order valence-electron chi connectivity index (χ1n) is 9.93. The molecule has 1 saturated heterocycles. The summed E-state index contributed by atoms with van der Waals surface area (Å²) in [4.78, 5) is 4.98. The standard InChI is InChI=1S/C21H32N4O2/c1-17(2)21-15-20(27-23-21)16-22-8-5-9-24-10-12-25(13-11-24)18-6-4-7-19(14-18)26-3/h4,6-7,14-15,17,22H,5,8-13,16H2,1-3H3. The summed E-state index contributed by atoms with van der Waals surface area (Å²) in [5.41, 5.74) is 2.28. The number of methoxy groups -OCH3 is 1. The number of nitrogens with one attached hydrogen (secondary N) is 1. The Balaban J connectivity index is 1.31. The number of anilines is 1. The van der Waals surface area contributed by atoms with Crippen molar-refractivity contribution in [2.24, 2.45) is 0 Å². The number of aromatic nitrogens is 1. The van der Waals surface area contributed by atoms with Gasteiger partial charge in [0.05, 0.1) is 19.3 Å². The van der Waals surface area contributed by atoms with Crippen molar-refractivity contribution in [1.82, 2.24) is 15.4 Å². The van der Waals surface area contributed by atoms with Crippen molar-refractivity contribution in [3.63, 3.8) is 0 Å². The molecule has 0 amide bonds. The van der Waals surface area contributed by atoms with Gasteiger partial charge in [0, 0.05) is 44.0 Å². The third-order valence-electron chi connectivity index (χ3n) is 5.09. The third kappa shape index (κ3) is 5.71. The highest BCUT2D eigenvalue weighted by molar-refractivity contribution is 5.51. The summed E-state index contributed by atoms with van der Waals surface area (Å²) < 4.78 is 10.7. The predicted molar refractivity (Wildman–Crippen MR) is 109 cm³/mol. The first-order chi connectivity index (χ1) is 13.2. The van der Waals surface area contributed by atoms with Gasteiger partial charge in [-0.1, -0.05) is 25.1 Å². The van der Waals surface area contributed by atoms with E-state index in [0.29, 0.717) is 5.92 Å². The van der Waals surface area contributed by atoms with Crippen LogP contribution in [0.25, 0.3) is 0 Å². The van der Waals surface area contributed by atoms with Gasteiger partial charge in [0.15, 0.2) is 5.76 Å². The minimum atomic E-state index is 0.415. The van der Waals surface area contributed by atoms with Crippen LogP contribution in [0.2, 0.25) is 0 Å². The van der Waals surface area contributed by atoms with Crippen LogP contribution >= 0.6 is 0 Å². The lowest BCUT2D eigenvalue weighted by Gasteiger charge is -2.36. The smallest absolute Gasteiger partial charge is 0.150 e. The Hall–Kier alpha value is -2.05. The molecule has 6 nitrogen and oxygen atoms in total. The zero-order valence-corrected chi connectivity index (χ0v) is 16.8. The van der Waals surface area contributed by atoms with Crippen molar-refractivity contribution < 1.29 is 9.26 Å². The van der Waals surface area contributed by atoms with Crippen molar-refractivity contribution in [2.45, 2.75) is 32.7 Å². The molecule has 1 N–H and O–H groups in total. The Bertz CT molecular complexity index is 693. The molecule has 1 fully saturated rings. The van der Waals surface area contributed by atoms with E-state index in [1.807, 2.05) is 6.07 Å². The van der Waals surface area contributed by atoms with E-state index in [9.17, 15) is 0 Å². The summed E-state index contributed by atoms with van der Waals surface area (Å²) in [5, 5.41) is 7.55. The van der Waals surface area contributed by atoms with Gasteiger partial charge in [0.2, 0.25) is 0 Å². The van der Waals surface area contributed by atoms with E-state index in [1.165, 1.54) is 5.69 Å². The molecule has 1 aromatic heterocycles. The molecule has 0 radical (unpaired) electrons. The number of hydrogen-bond donors (Lipinski definition) is 1. The molecule has 2 heterocycles. The van der Waals surface area contributed by atoms with E-state index in [2.05, 4.69) is 58.4 Å². The Morgan fingerprint density at radius 1 is 1.19 bits per heavy atom. The van der Waals surface area contributed by atoms with E-state index in [0.717, 1.165) is 69.4 Å². The quantitative estimate of drug-likeness (QED) is 0.683. The van der Waals surface area contributed by atoms with Crippen LogP contribution in [0.1, 0.15) is 37.6 Å². The Kier molecular flexibility index (Phi) is 7.12. The Labute approximate surface area is 162 Å². The second-order valence-corrected chi connectivity index (χ2v) is 7.43. The number of rotatable bonds is 9. The maximum Gasteiger partial charge on any atom is 0.150 e. The molecule has 0 saturated carbocycles. The van der Waals surface area contributed by atoms with Gasteiger partial charge in [-0.15, -0.1) is 0 Å². The van der Waals surface area contributed by atoms with Gasteiger partial charge in [-0.05, 0) is 37.6 Å². The number of hydrogen-bond acceptors (Lipinski definition) is 6. The molecule has 2 aromatic rings. The van der Waals surface area contributed by atoms with Crippen molar-refractivity contribution >= 4 is 5.69 Å². The van der Waals surface area contributed by atoms with Crippen LogP contribution in [-0.2, 0) is 6.54 Å². The average Bonchev–Trinajstić information content (AvgIpc) is 3.17. The lowest BCUT2D eigenvalue weighted by Crippen LogP contribution is -2.47. The maximum atomic E-state index is 5.36. The van der Waals surface area contributed by atoms with Crippen molar-refractivity contribution in [3.05, 3.63) is 41.8 Å². The van der Waals surface area contributed by atoms with Crippen LogP contribution in [0.5, 0.6) is 5.75 Å². The minimum absolute atomic E-state index is 0.415. The molecule has 1 aliphatic rings. The number of benzene rings is 1. The Morgan fingerprint density at radius 2 is 2.00 bits per heavy atom.